The van der Waals surface area contributed by atoms with Crippen LogP contribution in [0, 0.1) is 5.92 Å². The summed E-state index contributed by atoms with van der Waals surface area (Å²) in [6, 6.07) is 0. The van der Waals surface area contributed by atoms with Crippen LogP contribution in [0.4, 0.5) is 0 Å². The highest BCUT2D eigenvalue weighted by atomic mass is 35.6. The molecule has 0 saturated carbocycles. The van der Waals surface area contributed by atoms with Gasteiger partial charge in [-0.3, -0.25) is 0 Å². The molecular formula is C7H13Cl3S. The molecule has 0 aliphatic heterocycles. The third kappa shape index (κ3) is 11.2. The second kappa shape index (κ2) is 5.80. The molecule has 0 bridgehead atoms. The molecule has 0 radical (unpaired) electrons. The average Bonchev–Trinajstić information content (AvgIpc) is 1.78. The van der Waals surface area contributed by atoms with Crippen LogP contribution in [-0.2, 0) is 0 Å². The van der Waals surface area contributed by atoms with Gasteiger partial charge in [-0.1, -0.05) is 48.7 Å². The van der Waals surface area contributed by atoms with Gasteiger partial charge in [0, 0.05) is 5.75 Å². The molecule has 0 aromatic heterocycles. The molecule has 0 unspecified atom stereocenters. The van der Waals surface area contributed by atoms with Crippen molar-refractivity contribution in [2.75, 3.05) is 11.5 Å². The van der Waals surface area contributed by atoms with E-state index in [-0.39, 0.29) is 0 Å². The molecule has 0 rings (SSSR count). The Hall–Kier alpha value is 1.22. The summed E-state index contributed by atoms with van der Waals surface area (Å²) >= 11 is 18.4. The zero-order valence-corrected chi connectivity index (χ0v) is 9.83. The van der Waals surface area contributed by atoms with Crippen molar-refractivity contribution in [3.8, 4) is 0 Å². The van der Waals surface area contributed by atoms with Crippen LogP contribution in [0.1, 0.15) is 20.3 Å². The van der Waals surface area contributed by atoms with Crippen molar-refractivity contribution in [1.82, 2.24) is 0 Å². The Balaban J connectivity index is 3.15. The summed E-state index contributed by atoms with van der Waals surface area (Å²) in [6.45, 7) is 4.38. The van der Waals surface area contributed by atoms with Crippen molar-refractivity contribution in [3.05, 3.63) is 0 Å². The highest BCUT2D eigenvalue weighted by Gasteiger charge is 2.18. The Morgan fingerprint density at radius 2 is 1.82 bits per heavy atom. The van der Waals surface area contributed by atoms with E-state index in [9.17, 15) is 0 Å². The maximum absolute atomic E-state index is 5.56. The summed E-state index contributed by atoms with van der Waals surface area (Å²) in [5, 5.41) is 0. The van der Waals surface area contributed by atoms with Crippen molar-refractivity contribution in [1.29, 1.82) is 0 Å². The van der Waals surface area contributed by atoms with E-state index in [1.807, 2.05) is 0 Å². The first-order valence-electron chi connectivity index (χ1n) is 3.56. The standard InChI is InChI=1S/C7H13Cl3S/c1-6(2)3-4-11-5-7(8,9)10/h6H,3-5H2,1-2H3. The van der Waals surface area contributed by atoms with Crippen molar-refractivity contribution in [2.24, 2.45) is 5.92 Å². The van der Waals surface area contributed by atoms with Crippen molar-refractivity contribution in [3.63, 3.8) is 0 Å². The second-order valence-corrected chi connectivity index (χ2v) is 6.47. The minimum atomic E-state index is -1.08. The summed E-state index contributed by atoms with van der Waals surface area (Å²) in [6.07, 6.45) is 1.19. The van der Waals surface area contributed by atoms with E-state index in [0.29, 0.717) is 5.75 Å². The van der Waals surface area contributed by atoms with E-state index in [4.69, 9.17) is 34.8 Å². The molecule has 0 aromatic rings. The molecule has 0 aromatic carbocycles. The molecule has 0 heterocycles. The first-order chi connectivity index (χ1) is 4.92. The van der Waals surface area contributed by atoms with Gasteiger partial charge in [0.1, 0.15) is 0 Å². The first kappa shape index (κ1) is 12.2. The highest BCUT2D eigenvalue weighted by molar-refractivity contribution is 7.99. The summed E-state index contributed by atoms with van der Waals surface area (Å²) in [4.78, 5) is 0. The molecule has 0 aliphatic rings. The van der Waals surface area contributed by atoms with Gasteiger partial charge in [-0.2, -0.15) is 11.8 Å². The minimum Gasteiger partial charge on any atom is -0.158 e. The average molecular weight is 236 g/mol. The van der Waals surface area contributed by atoms with E-state index < -0.39 is 3.79 Å². The number of halogens is 3. The van der Waals surface area contributed by atoms with Crippen LogP contribution in [0.15, 0.2) is 0 Å². The van der Waals surface area contributed by atoms with Crippen molar-refractivity contribution >= 4 is 46.6 Å². The molecule has 0 amide bonds. The van der Waals surface area contributed by atoms with Gasteiger partial charge in [0.15, 0.2) is 3.79 Å². The summed E-state index contributed by atoms with van der Waals surface area (Å²) in [5.74, 6) is 2.40. The Kier molecular flexibility index (Phi) is 6.44. The molecular weight excluding hydrogens is 223 g/mol. The van der Waals surface area contributed by atoms with Crippen LogP contribution in [0.2, 0.25) is 0 Å². The lowest BCUT2D eigenvalue weighted by atomic mass is 10.2. The Bertz CT molecular complexity index is 98.3. The molecule has 4 heteroatoms. The van der Waals surface area contributed by atoms with E-state index in [1.165, 1.54) is 6.42 Å². The van der Waals surface area contributed by atoms with Crippen LogP contribution >= 0.6 is 46.6 Å². The Labute approximate surface area is 88.0 Å². The quantitative estimate of drug-likeness (QED) is 0.521. The van der Waals surface area contributed by atoms with Crippen LogP contribution in [0.5, 0.6) is 0 Å². The summed E-state index contributed by atoms with van der Waals surface area (Å²) in [5.41, 5.74) is 0. The maximum Gasteiger partial charge on any atom is 0.199 e. The molecule has 68 valence electrons. The van der Waals surface area contributed by atoms with Gasteiger partial charge in [0.25, 0.3) is 0 Å². The van der Waals surface area contributed by atoms with Gasteiger partial charge >= 0.3 is 0 Å². The summed E-state index contributed by atoms with van der Waals surface area (Å²) < 4.78 is -1.08. The van der Waals surface area contributed by atoms with E-state index in [1.54, 1.807) is 11.8 Å². The molecule has 0 atom stereocenters. The zero-order chi connectivity index (χ0) is 8.91. The molecule has 11 heavy (non-hydrogen) atoms. The van der Waals surface area contributed by atoms with Gasteiger partial charge in [-0.25, -0.2) is 0 Å². The van der Waals surface area contributed by atoms with Gasteiger partial charge in [-0.05, 0) is 18.1 Å². The highest BCUT2D eigenvalue weighted by Crippen LogP contribution is 2.30. The Morgan fingerprint density at radius 3 is 2.18 bits per heavy atom. The van der Waals surface area contributed by atoms with Gasteiger partial charge in [0.2, 0.25) is 0 Å². The van der Waals surface area contributed by atoms with Crippen molar-refractivity contribution in [2.45, 2.75) is 24.1 Å². The third-order valence-corrected chi connectivity index (χ3v) is 3.14. The molecule has 0 aliphatic carbocycles. The van der Waals surface area contributed by atoms with Gasteiger partial charge < -0.3 is 0 Å². The second-order valence-electron chi connectivity index (χ2n) is 2.85. The maximum atomic E-state index is 5.56. The number of hydrogen-bond acceptors (Lipinski definition) is 1. The zero-order valence-electron chi connectivity index (χ0n) is 6.74. The van der Waals surface area contributed by atoms with Crippen LogP contribution < -0.4 is 0 Å². The van der Waals surface area contributed by atoms with Crippen LogP contribution in [-0.4, -0.2) is 15.3 Å². The fourth-order valence-electron chi connectivity index (χ4n) is 0.507. The fraction of sp³-hybridized carbons (Fsp3) is 1.00. The van der Waals surface area contributed by atoms with Crippen LogP contribution in [0.25, 0.3) is 0 Å². The van der Waals surface area contributed by atoms with Gasteiger partial charge in [-0.15, -0.1) is 0 Å². The molecule has 0 saturated heterocycles. The SMILES string of the molecule is CC(C)CCSCC(Cl)(Cl)Cl. The number of hydrogen-bond donors (Lipinski definition) is 0. The monoisotopic (exact) mass is 234 g/mol. The molecule has 0 N–H and O–H groups in total. The first-order valence-corrected chi connectivity index (χ1v) is 5.85. The van der Waals surface area contributed by atoms with Crippen molar-refractivity contribution < 1.29 is 0 Å². The summed E-state index contributed by atoms with van der Waals surface area (Å²) in [7, 11) is 0. The molecule has 0 fully saturated rings. The van der Waals surface area contributed by atoms with E-state index in [2.05, 4.69) is 13.8 Å². The predicted octanol–water partition coefficient (Wildman–Crippen LogP) is 4.14. The number of alkyl halides is 3. The lowest BCUT2D eigenvalue weighted by Gasteiger charge is -2.10. The molecule has 0 spiro atoms. The van der Waals surface area contributed by atoms with Gasteiger partial charge in [0.05, 0.1) is 0 Å². The molecule has 0 nitrogen and oxygen atoms in total. The predicted molar refractivity (Wildman–Crippen MR) is 57.1 cm³/mol. The normalized spacial score (nSPS) is 12.5. The smallest absolute Gasteiger partial charge is 0.158 e. The lowest BCUT2D eigenvalue weighted by molar-refractivity contribution is 0.632. The topological polar surface area (TPSA) is 0 Å². The van der Waals surface area contributed by atoms with E-state index >= 15 is 0 Å². The van der Waals surface area contributed by atoms with Crippen LogP contribution in [0.3, 0.4) is 0 Å². The third-order valence-electron chi connectivity index (χ3n) is 1.11. The lowest BCUT2D eigenvalue weighted by Crippen LogP contribution is -2.06. The largest absolute Gasteiger partial charge is 0.199 e. The van der Waals surface area contributed by atoms with E-state index in [0.717, 1.165) is 11.7 Å². The Morgan fingerprint density at radius 1 is 1.27 bits per heavy atom. The minimum absolute atomic E-state index is 0.588. The number of rotatable bonds is 4. The number of thioether (sulfide) groups is 1. The fourth-order valence-corrected chi connectivity index (χ4v) is 2.22.